The molecule has 0 saturated heterocycles. The fraction of sp³-hybridized carbons (Fsp3) is 0.238. The maximum Gasteiger partial charge on any atom is 0.283 e. The predicted molar refractivity (Wildman–Crippen MR) is 101 cm³/mol. The van der Waals surface area contributed by atoms with Crippen LogP contribution in [0.5, 0.6) is 0 Å². The maximum absolute atomic E-state index is 14.5. The lowest BCUT2D eigenvalue weighted by molar-refractivity contribution is 0.0987. The predicted octanol–water partition coefficient (Wildman–Crippen LogP) is 2.39. The molecule has 0 bridgehead atoms. The zero-order valence-electron chi connectivity index (χ0n) is 15.2. The van der Waals surface area contributed by atoms with Gasteiger partial charge >= 0.3 is 0 Å². The molecule has 0 unspecified atom stereocenters. The summed E-state index contributed by atoms with van der Waals surface area (Å²) in [6, 6.07) is 7.80. The molecule has 2 N–H and O–H groups in total. The number of aromatic nitrogens is 1. The zero-order chi connectivity index (χ0) is 20.3. The van der Waals surface area contributed by atoms with Crippen molar-refractivity contribution in [3.8, 4) is 18.4 Å². The van der Waals surface area contributed by atoms with E-state index in [2.05, 4.69) is 15.9 Å². The lowest BCUT2D eigenvalue weighted by Crippen LogP contribution is -2.35. The number of nitrogens with two attached hydrogens (primary N) is 1. The number of nitrogens with zero attached hydrogens (tertiary/aromatic N) is 3. The molecule has 2 aromatic rings. The van der Waals surface area contributed by atoms with Gasteiger partial charge in [0.05, 0.1) is 12.2 Å². The van der Waals surface area contributed by atoms with E-state index in [1.54, 1.807) is 13.0 Å². The second-order valence-corrected chi connectivity index (χ2v) is 6.47. The quantitative estimate of drug-likeness (QED) is 0.652. The van der Waals surface area contributed by atoms with Crippen LogP contribution in [-0.4, -0.2) is 23.4 Å². The standard InChI is InChI=1S/C21H17FN4O2/c1-3-21(6-7-28-20(24)26-21)16-9-14(4-5-17(16)22)10-18(27)19-13(2)8-15(11-23)12-25-19/h1,4-5,8-9,12H,6-7,10H2,2H3,(H2,24,26)/t21-/m0/s1. The number of halogens is 1. The SMILES string of the molecule is C#C[C@@]1(c2cc(CC(=O)c3ncc(C#N)cc3C)ccc2F)CCOC(N)=N1. The van der Waals surface area contributed by atoms with Crippen molar-refractivity contribution < 1.29 is 13.9 Å². The summed E-state index contributed by atoms with van der Waals surface area (Å²) in [4.78, 5) is 20.9. The van der Waals surface area contributed by atoms with E-state index in [0.29, 0.717) is 16.7 Å². The van der Waals surface area contributed by atoms with Crippen molar-refractivity contribution in [3.05, 3.63) is 64.2 Å². The minimum Gasteiger partial charge on any atom is -0.465 e. The summed E-state index contributed by atoms with van der Waals surface area (Å²) in [6.07, 6.45) is 7.28. The number of carbonyl (C=O) groups is 1. The fourth-order valence-corrected chi connectivity index (χ4v) is 3.15. The average molecular weight is 376 g/mol. The van der Waals surface area contributed by atoms with Crippen molar-refractivity contribution in [2.24, 2.45) is 10.7 Å². The minimum atomic E-state index is -1.27. The van der Waals surface area contributed by atoms with Crippen molar-refractivity contribution >= 4 is 11.8 Å². The van der Waals surface area contributed by atoms with Crippen LogP contribution >= 0.6 is 0 Å². The highest BCUT2D eigenvalue weighted by Gasteiger charge is 2.36. The molecule has 0 radical (unpaired) electrons. The second kappa shape index (κ2) is 7.50. The molecule has 3 rings (SSSR count). The van der Waals surface area contributed by atoms with E-state index < -0.39 is 11.4 Å². The molecule has 7 heteroatoms. The van der Waals surface area contributed by atoms with E-state index in [9.17, 15) is 9.18 Å². The number of hydrogen-bond donors (Lipinski definition) is 1. The first-order chi connectivity index (χ1) is 13.4. The molecule has 0 saturated carbocycles. The van der Waals surface area contributed by atoms with Crippen molar-refractivity contribution in [1.82, 2.24) is 4.98 Å². The van der Waals surface area contributed by atoms with E-state index in [1.807, 2.05) is 6.07 Å². The van der Waals surface area contributed by atoms with E-state index >= 15 is 0 Å². The molecule has 0 spiro atoms. The van der Waals surface area contributed by atoms with Gasteiger partial charge in [0.25, 0.3) is 6.02 Å². The molecule has 140 valence electrons. The zero-order valence-corrected chi connectivity index (χ0v) is 15.2. The van der Waals surface area contributed by atoms with Gasteiger partial charge in [-0.3, -0.25) is 9.78 Å². The maximum atomic E-state index is 14.5. The van der Waals surface area contributed by atoms with E-state index in [-0.39, 0.29) is 42.5 Å². The molecule has 0 fully saturated rings. The molecule has 2 heterocycles. The summed E-state index contributed by atoms with van der Waals surface area (Å²) in [5.74, 6) is 1.75. The monoisotopic (exact) mass is 376 g/mol. The summed E-state index contributed by atoms with van der Waals surface area (Å²) in [5.41, 5.74) is 6.36. The highest BCUT2D eigenvalue weighted by Crippen LogP contribution is 2.34. The third-order valence-electron chi connectivity index (χ3n) is 4.57. The number of amidine groups is 1. The number of aryl methyl sites for hydroxylation is 1. The number of pyridine rings is 1. The van der Waals surface area contributed by atoms with Gasteiger partial charge in [0.2, 0.25) is 0 Å². The summed E-state index contributed by atoms with van der Waals surface area (Å²) in [7, 11) is 0. The number of nitriles is 1. The van der Waals surface area contributed by atoms with Crippen LogP contribution in [0.4, 0.5) is 4.39 Å². The second-order valence-electron chi connectivity index (χ2n) is 6.47. The Hall–Kier alpha value is -3.71. The Morgan fingerprint density at radius 2 is 2.25 bits per heavy atom. The largest absolute Gasteiger partial charge is 0.465 e. The summed E-state index contributed by atoms with van der Waals surface area (Å²) >= 11 is 0. The number of carbonyl (C=O) groups excluding carboxylic acids is 1. The first kappa shape index (κ1) is 19.1. The molecule has 28 heavy (non-hydrogen) atoms. The van der Waals surface area contributed by atoms with Crippen LogP contribution in [0.1, 0.15) is 39.2 Å². The van der Waals surface area contributed by atoms with Gasteiger partial charge < -0.3 is 10.5 Å². The molecule has 1 aromatic carbocycles. The van der Waals surface area contributed by atoms with Crippen molar-refractivity contribution in [2.75, 3.05) is 6.61 Å². The van der Waals surface area contributed by atoms with Crippen LogP contribution in [0.2, 0.25) is 0 Å². The van der Waals surface area contributed by atoms with Crippen molar-refractivity contribution in [1.29, 1.82) is 5.26 Å². The van der Waals surface area contributed by atoms with Gasteiger partial charge in [0.1, 0.15) is 17.6 Å². The van der Waals surface area contributed by atoms with Crippen LogP contribution in [0, 0.1) is 36.4 Å². The topological polar surface area (TPSA) is 101 Å². The number of benzene rings is 1. The van der Waals surface area contributed by atoms with Gasteiger partial charge in [0, 0.05) is 24.6 Å². The molecule has 6 nitrogen and oxygen atoms in total. The van der Waals surface area contributed by atoms with Crippen LogP contribution in [0.3, 0.4) is 0 Å². The molecule has 0 aliphatic carbocycles. The Morgan fingerprint density at radius 3 is 2.89 bits per heavy atom. The van der Waals surface area contributed by atoms with Gasteiger partial charge in [-0.15, -0.1) is 6.42 Å². The Kier molecular flexibility index (Phi) is 5.10. The Labute approximate surface area is 161 Å². The normalized spacial score (nSPS) is 18.4. The third-order valence-corrected chi connectivity index (χ3v) is 4.57. The minimum absolute atomic E-state index is 0.00334. The van der Waals surface area contributed by atoms with Crippen LogP contribution < -0.4 is 5.73 Å². The molecule has 0 amide bonds. The molecular weight excluding hydrogens is 359 g/mol. The number of hydrogen-bond acceptors (Lipinski definition) is 6. The van der Waals surface area contributed by atoms with Crippen LogP contribution in [-0.2, 0) is 16.7 Å². The Morgan fingerprint density at radius 1 is 1.46 bits per heavy atom. The van der Waals surface area contributed by atoms with Crippen molar-refractivity contribution in [3.63, 3.8) is 0 Å². The summed E-state index contributed by atoms with van der Waals surface area (Å²) < 4.78 is 19.7. The molecule has 1 aliphatic rings. The summed E-state index contributed by atoms with van der Waals surface area (Å²) in [6.45, 7) is 1.93. The number of ketones is 1. The lowest BCUT2D eigenvalue weighted by atomic mass is 9.85. The first-order valence-corrected chi connectivity index (χ1v) is 8.53. The van der Waals surface area contributed by atoms with Crippen molar-refractivity contribution in [2.45, 2.75) is 25.3 Å². The number of ether oxygens (including phenoxy) is 1. The van der Waals surface area contributed by atoms with E-state index in [0.717, 1.165) is 0 Å². The van der Waals surface area contributed by atoms with E-state index in [4.69, 9.17) is 22.2 Å². The fourth-order valence-electron chi connectivity index (χ4n) is 3.15. The molecule has 1 atom stereocenters. The number of rotatable bonds is 4. The van der Waals surface area contributed by atoms with Crippen LogP contribution in [0.15, 0.2) is 35.5 Å². The Bertz CT molecular complexity index is 1070. The molecule has 1 aliphatic heterocycles. The molecule has 1 aromatic heterocycles. The van der Waals surface area contributed by atoms with Gasteiger partial charge in [-0.25, -0.2) is 9.38 Å². The smallest absolute Gasteiger partial charge is 0.283 e. The Balaban J connectivity index is 1.94. The summed E-state index contributed by atoms with van der Waals surface area (Å²) in [5, 5.41) is 8.92. The number of Topliss-reactive ketones (excluding diaryl/α,β-unsaturated/α-hetero) is 1. The molecular formula is C21H17FN4O2. The van der Waals surface area contributed by atoms with E-state index in [1.165, 1.54) is 24.4 Å². The van der Waals surface area contributed by atoms with Gasteiger partial charge in [-0.2, -0.15) is 5.26 Å². The van der Waals surface area contributed by atoms with Crippen LogP contribution in [0.25, 0.3) is 0 Å². The van der Waals surface area contributed by atoms with Gasteiger partial charge in [-0.05, 0) is 36.2 Å². The highest BCUT2D eigenvalue weighted by atomic mass is 19.1. The first-order valence-electron chi connectivity index (χ1n) is 8.53. The number of terminal acetylenes is 1. The number of aliphatic imine (C=N–C) groups is 1. The third kappa shape index (κ3) is 3.56. The van der Waals surface area contributed by atoms with Gasteiger partial charge in [-0.1, -0.05) is 12.0 Å². The van der Waals surface area contributed by atoms with Gasteiger partial charge in [0.15, 0.2) is 11.3 Å². The lowest BCUT2D eigenvalue weighted by Gasteiger charge is -2.29. The average Bonchev–Trinajstić information content (AvgIpc) is 2.69. The highest BCUT2D eigenvalue weighted by molar-refractivity contribution is 5.97.